The molecule has 0 saturated carbocycles. The Kier molecular flexibility index (Phi) is 6.48. The number of aromatic nitrogens is 4. The Morgan fingerprint density at radius 1 is 1.06 bits per heavy atom. The number of fused-ring (bicyclic) bond motifs is 1. The predicted octanol–water partition coefficient (Wildman–Crippen LogP) is 3.61. The van der Waals surface area contributed by atoms with Crippen LogP contribution >= 0.6 is 0 Å². The molecule has 0 bridgehead atoms. The van der Waals surface area contributed by atoms with Crippen molar-refractivity contribution < 1.29 is 22.7 Å². The summed E-state index contributed by atoms with van der Waals surface area (Å²) < 4.78 is 37.1. The Morgan fingerprint density at radius 3 is 2.26 bits per heavy atom. The Hall–Kier alpha value is -3.21. The van der Waals surface area contributed by atoms with Gasteiger partial charge < -0.3 is 14.4 Å². The second-order valence-corrected chi connectivity index (χ2v) is 11.8. The van der Waals surface area contributed by atoms with Crippen LogP contribution in [-0.2, 0) is 14.6 Å². The number of amides is 1. The van der Waals surface area contributed by atoms with Crippen molar-refractivity contribution in [2.24, 2.45) is 0 Å². The van der Waals surface area contributed by atoms with E-state index in [0.717, 1.165) is 0 Å². The number of carbonyl (C=O) groups excluding carboxylic acids is 1. The molecule has 0 atom stereocenters. The number of likely N-dealkylation sites (tertiary alicyclic amines) is 1. The fourth-order valence-corrected chi connectivity index (χ4v) is 4.62. The van der Waals surface area contributed by atoms with Crippen LogP contribution in [-0.4, -0.2) is 70.2 Å². The molecule has 188 valence electrons. The number of hydrogen-bond acceptors (Lipinski definition) is 8. The molecule has 1 aromatic carbocycles. The summed E-state index contributed by atoms with van der Waals surface area (Å²) in [6.07, 6.45) is 2.07. The summed E-state index contributed by atoms with van der Waals surface area (Å²) >= 11 is 0. The molecular formula is C24H31N5O5S. The third-order valence-electron chi connectivity index (χ3n) is 5.66. The Balaban J connectivity index is 1.57. The number of sulfone groups is 1. The number of piperidine rings is 1. The topological polar surface area (TPSA) is 117 Å². The fraction of sp³-hybridized carbons (Fsp3) is 0.500. The van der Waals surface area contributed by atoms with E-state index in [2.05, 4.69) is 15.1 Å². The van der Waals surface area contributed by atoms with Crippen molar-refractivity contribution in [2.75, 3.05) is 19.3 Å². The molecule has 1 saturated heterocycles. The van der Waals surface area contributed by atoms with Gasteiger partial charge in [0.25, 0.3) is 0 Å². The van der Waals surface area contributed by atoms with Crippen LogP contribution in [0.15, 0.2) is 29.2 Å². The van der Waals surface area contributed by atoms with E-state index >= 15 is 0 Å². The molecule has 0 unspecified atom stereocenters. The maximum Gasteiger partial charge on any atom is 0.410 e. The van der Waals surface area contributed by atoms with Gasteiger partial charge in [0, 0.05) is 32.2 Å². The van der Waals surface area contributed by atoms with Crippen molar-refractivity contribution in [3.05, 3.63) is 35.8 Å². The first-order valence-electron chi connectivity index (χ1n) is 11.5. The summed E-state index contributed by atoms with van der Waals surface area (Å²) in [5.41, 5.74) is 1.44. The molecule has 1 amide bonds. The highest BCUT2D eigenvalue weighted by molar-refractivity contribution is 7.90. The van der Waals surface area contributed by atoms with Gasteiger partial charge in [-0.05, 0) is 58.9 Å². The SMILES string of the molecule is Cc1nc(OC2CCN(C(=O)OC(C)(C)C)CC2)c2c(C)nn(-c3ccc(S(C)(=O)=O)cc3)c2n1. The second kappa shape index (κ2) is 9.10. The van der Waals surface area contributed by atoms with Crippen LogP contribution in [0.2, 0.25) is 0 Å². The van der Waals surface area contributed by atoms with Gasteiger partial charge in [0.05, 0.1) is 16.3 Å². The lowest BCUT2D eigenvalue weighted by Gasteiger charge is -2.33. The van der Waals surface area contributed by atoms with E-state index in [-0.39, 0.29) is 17.1 Å². The molecular weight excluding hydrogens is 470 g/mol. The molecule has 1 fully saturated rings. The molecule has 0 aliphatic carbocycles. The van der Waals surface area contributed by atoms with E-state index in [0.29, 0.717) is 60.1 Å². The van der Waals surface area contributed by atoms with Gasteiger partial charge in [-0.3, -0.25) is 0 Å². The first kappa shape index (κ1) is 24.9. The van der Waals surface area contributed by atoms with E-state index in [1.54, 1.807) is 40.8 Å². The summed E-state index contributed by atoms with van der Waals surface area (Å²) in [7, 11) is -3.30. The first-order valence-corrected chi connectivity index (χ1v) is 13.4. The summed E-state index contributed by atoms with van der Waals surface area (Å²) in [6.45, 7) is 10.3. The van der Waals surface area contributed by atoms with Gasteiger partial charge >= 0.3 is 6.09 Å². The van der Waals surface area contributed by atoms with Crippen molar-refractivity contribution >= 4 is 27.0 Å². The maximum absolute atomic E-state index is 12.4. The lowest BCUT2D eigenvalue weighted by atomic mass is 10.1. The normalized spacial score (nSPS) is 15.4. The van der Waals surface area contributed by atoms with Gasteiger partial charge in [-0.2, -0.15) is 10.1 Å². The average molecular weight is 502 g/mol. The number of rotatable bonds is 4. The van der Waals surface area contributed by atoms with E-state index in [4.69, 9.17) is 9.47 Å². The number of aryl methyl sites for hydroxylation is 2. The van der Waals surface area contributed by atoms with Crippen molar-refractivity contribution in [3.8, 4) is 11.6 Å². The van der Waals surface area contributed by atoms with Crippen LogP contribution in [0.3, 0.4) is 0 Å². The van der Waals surface area contributed by atoms with Gasteiger partial charge in [-0.15, -0.1) is 0 Å². The van der Waals surface area contributed by atoms with E-state index in [9.17, 15) is 13.2 Å². The number of ether oxygens (including phenoxy) is 2. The molecule has 2 aromatic heterocycles. The van der Waals surface area contributed by atoms with Gasteiger partial charge in [0.2, 0.25) is 5.88 Å². The zero-order valence-electron chi connectivity index (χ0n) is 20.9. The number of carbonyl (C=O) groups is 1. The zero-order valence-corrected chi connectivity index (χ0v) is 21.7. The molecule has 3 aromatic rings. The third kappa shape index (κ3) is 5.55. The molecule has 0 N–H and O–H groups in total. The van der Waals surface area contributed by atoms with Gasteiger partial charge in [0.1, 0.15) is 22.9 Å². The third-order valence-corrected chi connectivity index (χ3v) is 6.79. The molecule has 0 spiro atoms. The fourth-order valence-electron chi connectivity index (χ4n) is 3.99. The predicted molar refractivity (Wildman–Crippen MR) is 131 cm³/mol. The maximum atomic E-state index is 12.4. The number of benzene rings is 1. The Labute approximate surface area is 205 Å². The summed E-state index contributed by atoms with van der Waals surface area (Å²) in [5.74, 6) is 0.993. The minimum Gasteiger partial charge on any atom is -0.474 e. The van der Waals surface area contributed by atoms with Crippen LogP contribution in [0.1, 0.15) is 45.1 Å². The van der Waals surface area contributed by atoms with Gasteiger partial charge in [-0.1, -0.05) is 0 Å². The monoisotopic (exact) mass is 501 g/mol. The second-order valence-electron chi connectivity index (χ2n) is 9.82. The lowest BCUT2D eigenvalue weighted by Crippen LogP contribution is -2.44. The minimum atomic E-state index is -3.30. The van der Waals surface area contributed by atoms with E-state index in [1.807, 2.05) is 27.7 Å². The van der Waals surface area contributed by atoms with E-state index < -0.39 is 15.4 Å². The Morgan fingerprint density at radius 2 is 1.69 bits per heavy atom. The Bertz CT molecular complexity index is 1350. The smallest absolute Gasteiger partial charge is 0.410 e. The van der Waals surface area contributed by atoms with Crippen molar-refractivity contribution in [3.63, 3.8) is 0 Å². The van der Waals surface area contributed by atoms with Crippen molar-refractivity contribution in [1.29, 1.82) is 0 Å². The zero-order chi connectivity index (χ0) is 25.5. The molecule has 35 heavy (non-hydrogen) atoms. The van der Waals surface area contributed by atoms with Gasteiger partial charge in [-0.25, -0.2) is 22.9 Å². The number of nitrogens with zero attached hydrogens (tertiary/aromatic N) is 5. The van der Waals surface area contributed by atoms with Crippen molar-refractivity contribution in [1.82, 2.24) is 24.6 Å². The lowest BCUT2D eigenvalue weighted by molar-refractivity contribution is 0.0124. The van der Waals surface area contributed by atoms with Gasteiger partial charge in [0.15, 0.2) is 15.5 Å². The van der Waals surface area contributed by atoms with Crippen LogP contribution in [0, 0.1) is 13.8 Å². The van der Waals surface area contributed by atoms with E-state index in [1.165, 1.54) is 6.26 Å². The molecule has 3 heterocycles. The summed E-state index contributed by atoms with van der Waals surface area (Å²) in [6, 6.07) is 6.51. The van der Waals surface area contributed by atoms with Crippen LogP contribution in [0.5, 0.6) is 5.88 Å². The molecule has 1 aliphatic rings. The van der Waals surface area contributed by atoms with Crippen LogP contribution < -0.4 is 4.74 Å². The largest absolute Gasteiger partial charge is 0.474 e. The molecule has 0 radical (unpaired) electrons. The highest BCUT2D eigenvalue weighted by Crippen LogP contribution is 2.30. The van der Waals surface area contributed by atoms with Crippen molar-refractivity contribution in [2.45, 2.75) is 64.1 Å². The molecule has 11 heteroatoms. The van der Waals surface area contributed by atoms with Crippen LogP contribution in [0.25, 0.3) is 16.7 Å². The molecule has 10 nitrogen and oxygen atoms in total. The standard InChI is InChI=1S/C24H31N5O5S/c1-15-20-21(29(27-15)17-7-9-19(10-8-17)35(6,31)32)25-16(2)26-22(20)33-18-11-13-28(14-12-18)23(30)34-24(3,4)5/h7-10,18H,11-14H2,1-6H3. The minimum absolute atomic E-state index is 0.108. The highest BCUT2D eigenvalue weighted by atomic mass is 32.2. The summed E-state index contributed by atoms with van der Waals surface area (Å²) in [4.78, 5) is 23.4. The highest BCUT2D eigenvalue weighted by Gasteiger charge is 2.29. The quantitative estimate of drug-likeness (QED) is 0.532. The molecule has 1 aliphatic heterocycles. The van der Waals surface area contributed by atoms with Crippen LogP contribution in [0.4, 0.5) is 4.79 Å². The average Bonchev–Trinajstić information content (AvgIpc) is 3.08. The first-order chi connectivity index (χ1) is 16.3. The number of hydrogen-bond donors (Lipinski definition) is 0. The summed E-state index contributed by atoms with van der Waals surface area (Å²) in [5, 5.41) is 5.34. The molecule has 4 rings (SSSR count).